The van der Waals surface area contributed by atoms with Crippen molar-refractivity contribution in [1.82, 2.24) is 9.80 Å². The van der Waals surface area contributed by atoms with E-state index >= 15 is 0 Å². The molecule has 0 radical (unpaired) electrons. The van der Waals surface area contributed by atoms with E-state index in [9.17, 15) is 24.0 Å². The standard InChI is InChI=1S/C25H23NO2S4.C20H18BrNO2S3.C7H8O2S.C7H7O2S.C5H4OS.7C4H9.C2H6O2.ClH.Li.2Sn/c1-3-4-5-6-13-26-24(27)16-14-22(32-23(16)25(26)28)21-12-11-20(31-21)19-10-9-18(30-19)17-8-7-15(2)29-17;1-2-3-4-5-10-22-19(23)12-11-16(27-18(12)20(22)24)15-7-6-13(25-15)14-8-9-17(21)26-14;2*1-2-6(10-5-1)7-8-3-4-9-7;6-4-5-2-1-3-7-5;7*1-3-4-2;3-1-2-4;;;;/h7-12,14H,3-6,13H2,1-2H3;6-9,11H,2-5,10H2,1H3;1-2,5,7H,3-4H2;1-2,7H,3-4H2;1-4H;7*1,3-4H2,2H3;3-4H,1-2H2;1H;;;/q;;;;;;;;;;;-1;;;+1;;+1/p-1. The molecule has 28 heteroatoms. The fraction of sp³-hybridized carbons (Fsp3) is 0.511. The molecule has 664 valence electrons. The minimum atomic E-state index is -2.25. The van der Waals surface area contributed by atoms with Gasteiger partial charge in [0.05, 0.1) is 51.1 Å². The van der Waals surface area contributed by atoms with Crippen LogP contribution < -0.4 is 21.8 Å². The maximum Gasteiger partial charge on any atom is 1.00 e. The number of rotatable bonds is 39. The molecule has 14 rings (SSSR count). The van der Waals surface area contributed by atoms with E-state index in [0.29, 0.717) is 34.0 Å². The smallest absolute Gasteiger partial charge is 0.394 e. The molecule has 2 N–H and O–H groups in total. The predicted octanol–water partition coefficient (Wildman–Crippen LogP) is 27.9. The molecule has 10 aromatic rings. The fourth-order valence-electron chi connectivity index (χ4n) is 13.7. The molecule has 4 aliphatic rings. The van der Waals surface area contributed by atoms with Crippen molar-refractivity contribution in [1.29, 1.82) is 0 Å². The number of carbonyl (C=O) groups excluding carboxylic acids is 5. The second kappa shape index (κ2) is 60.6. The summed E-state index contributed by atoms with van der Waals surface area (Å²) in [5, 5.41) is 19.2. The summed E-state index contributed by atoms with van der Waals surface area (Å²) < 4.78 is 33.8. The van der Waals surface area contributed by atoms with E-state index in [1.54, 1.807) is 65.6 Å². The van der Waals surface area contributed by atoms with Crippen LogP contribution in [0.1, 0.15) is 281 Å². The Kier molecular flexibility index (Phi) is 53.9. The largest absolute Gasteiger partial charge is 1.00 e. The van der Waals surface area contributed by atoms with Crippen LogP contribution in [-0.4, -0.2) is 138 Å². The van der Waals surface area contributed by atoms with E-state index in [1.165, 1.54) is 193 Å². The van der Waals surface area contributed by atoms with Crippen molar-refractivity contribution in [3.05, 3.63) is 171 Å². The maximum atomic E-state index is 12.8. The molecular weight excluding hydrogens is 2010 g/mol. The first-order valence-corrected chi connectivity index (χ1v) is 69.9. The third-order valence-electron chi connectivity index (χ3n) is 20.6. The van der Waals surface area contributed by atoms with Crippen molar-refractivity contribution in [3.63, 3.8) is 0 Å². The molecule has 0 bridgehead atoms. The van der Waals surface area contributed by atoms with Crippen molar-refractivity contribution in [3.8, 4) is 48.8 Å². The van der Waals surface area contributed by atoms with Crippen LogP contribution in [0, 0.1) is 13.8 Å². The Morgan fingerprint density at radius 2 is 0.811 bits per heavy atom. The minimum absolute atomic E-state index is 0. The van der Waals surface area contributed by atoms with Crippen molar-refractivity contribution in [2.24, 2.45) is 0 Å². The summed E-state index contributed by atoms with van der Waals surface area (Å²) in [5.74, 6) is -0.506. The molecule has 0 aliphatic carbocycles. The third kappa shape index (κ3) is 34.4. The van der Waals surface area contributed by atoms with Crippen molar-refractivity contribution >= 4 is 207 Å². The van der Waals surface area contributed by atoms with Gasteiger partial charge in [-0.1, -0.05) is 77.8 Å². The van der Waals surface area contributed by atoms with Crippen LogP contribution in [0.5, 0.6) is 0 Å². The average molecular weight is 2140 g/mol. The molecule has 14 heterocycles. The van der Waals surface area contributed by atoms with E-state index in [-0.39, 0.29) is 68.3 Å². The molecule has 4 amide bonds. The average Bonchev–Trinajstić information content (AvgIpc) is 1.61. The number of unbranched alkanes of at least 4 members (excludes halogenated alkanes) is 13. The minimum Gasteiger partial charge on any atom is -0.394 e. The molecule has 13 nitrogen and oxygen atoms in total. The molecular formula is C94H129BrClLiN2O11S10Sn2. The summed E-state index contributed by atoms with van der Waals surface area (Å²) >= 11 is 16.0. The number of halogens is 2. The van der Waals surface area contributed by atoms with Gasteiger partial charge in [-0.05, 0) is 131 Å². The molecule has 0 saturated carbocycles. The van der Waals surface area contributed by atoms with Gasteiger partial charge in [0.1, 0.15) is 9.75 Å². The molecule has 0 spiro atoms. The quantitative estimate of drug-likeness (QED) is 0.0124. The van der Waals surface area contributed by atoms with Crippen molar-refractivity contribution < 1.29 is 72.0 Å². The second-order valence-electron chi connectivity index (χ2n) is 30.2. The zero-order valence-corrected chi connectivity index (χ0v) is 90.0. The van der Waals surface area contributed by atoms with Crippen LogP contribution in [0.4, 0.5) is 0 Å². The number of aliphatic hydroxyl groups excluding tert-OH is 2. The van der Waals surface area contributed by atoms with Gasteiger partial charge < -0.3 is 26.6 Å². The van der Waals surface area contributed by atoms with Gasteiger partial charge in [-0.2, -0.15) is 6.42 Å². The molecule has 0 aromatic carbocycles. The van der Waals surface area contributed by atoms with Gasteiger partial charge in [-0.15, -0.1) is 102 Å². The van der Waals surface area contributed by atoms with E-state index in [1.807, 2.05) is 69.8 Å². The number of aryl methyl sites for hydroxylation is 1. The number of ether oxygens (including phenoxy) is 4. The van der Waals surface area contributed by atoms with Crippen LogP contribution >= 0.6 is 138 Å². The predicted molar refractivity (Wildman–Crippen MR) is 534 cm³/mol. The number of amides is 4. The van der Waals surface area contributed by atoms with Gasteiger partial charge >= 0.3 is 269 Å². The van der Waals surface area contributed by atoms with Crippen molar-refractivity contribution in [2.75, 3.05) is 52.7 Å². The van der Waals surface area contributed by atoms with Gasteiger partial charge in [-0.3, -0.25) is 33.8 Å². The Bertz CT molecular complexity index is 4430. The number of hydrogen-bond donors (Lipinski definition) is 2. The Balaban J connectivity index is 0.000000234. The fourth-order valence-corrected chi connectivity index (χ4v) is 56.4. The zero-order valence-electron chi connectivity index (χ0n) is 73.7. The first-order valence-electron chi connectivity index (χ1n) is 43.7. The monoisotopic (exact) mass is 2140 g/mol. The number of aldehydes is 1. The summed E-state index contributed by atoms with van der Waals surface area (Å²) in [6.45, 7) is 29.8. The number of aliphatic hydroxyl groups is 2. The SMILES string of the molecule is CCCCCCN1C(=O)c2cc(-c3ccc(-c4ccc(-c5ccc(C)s5)s4)s3)sc2C1=O.CCCCCCN1C(=O)c2cc(-c3ccc(-c4ccc(Br)s4)s3)sc2C1=O.CCC[CH2][Sn]([CH2]CCC)([CH2]CCC)[c]1ccc(C2OCCO2)s1.CCC[CH2][Sn]([Cl])([CH2]CCC)[CH2]CCC.O=Cc1cccs1.OCCO.[CH2-]CCC.[Li+].c1csc(C2OCCO2)c1. The van der Waals surface area contributed by atoms with Gasteiger partial charge in [-0.25, -0.2) is 0 Å². The van der Waals surface area contributed by atoms with Crippen LogP contribution in [0.3, 0.4) is 0 Å². The Morgan fingerprint density at radius 1 is 0.434 bits per heavy atom. The van der Waals surface area contributed by atoms with E-state index in [0.717, 1.165) is 124 Å². The van der Waals surface area contributed by atoms with Crippen LogP contribution in [0.25, 0.3) is 48.8 Å². The Labute approximate surface area is 801 Å². The number of nitrogens with zero attached hydrogens (tertiary/aromatic N) is 2. The molecule has 0 unspecified atom stereocenters. The third-order valence-corrected chi connectivity index (χ3v) is 65.3. The Hall–Kier alpha value is -2.33. The second-order valence-corrected chi connectivity index (χ2v) is 72.8. The summed E-state index contributed by atoms with van der Waals surface area (Å²) in [7, 11) is 6.89. The van der Waals surface area contributed by atoms with Crippen LogP contribution in [0.2, 0.25) is 26.6 Å². The number of imide groups is 2. The number of thiophene rings is 10. The topological polar surface area (TPSA) is 169 Å². The molecule has 10 aromatic heterocycles. The van der Waals surface area contributed by atoms with Gasteiger partial charge in [0.25, 0.3) is 23.6 Å². The first-order chi connectivity index (χ1) is 58.8. The summed E-state index contributed by atoms with van der Waals surface area (Å²) in [6, 6.07) is 37.5. The number of carbonyl (C=O) groups is 5. The van der Waals surface area contributed by atoms with E-state index in [4.69, 9.17) is 38.1 Å². The van der Waals surface area contributed by atoms with E-state index < -0.39 is 35.6 Å². The maximum absolute atomic E-state index is 12.8. The van der Waals surface area contributed by atoms with Gasteiger partial charge in [0.2, 0.25) is 0 Å². The van der Waals surface area contributed by atoms with Crippen LogP contribution in [-0.2, 0) is 18.9 Å². The normalized spacial score (nSPS) is 13.6. The molecule has 4 aliphatic heterocycles. The van der Waals surface area contributed by atoms with Gasteiger partial charge in [0, 0.05) is 66.7 Å². The molecule has 122 heavy (non-hydrogen) atoms. The summed E-state index contributed by atoms with van der Waals surface area (Å²) in [4.78, 5) is 81.1. The van der Waals surface area contributed by atoms with Gasteiger partial charge in [0.15, 0.2) is 12.6 Å². The molecule has 2 saturated heterocycles. The molecule has 0 atom stereocenters. The van der Waals surface area contributed by atoms with Crippen molar-refractivity contribution in [2.45, 2.75) is 250 Å². The summed E-state index contributed by atoms with van der Waals surface area (Å²) in [5.41, 5.74) is 1.15. The number of fused-ring (bicyclic) bond motifs is 2. The van der Waals surface area contributed by atoms with E-state index in [2.05, 4.69) is 159 Å². The Morgan fingerprint density at radius 3 is 1.15 bits per heavy atom. The van der Waals surface area contributed by atoms with Crippen LogP contribution in [0.15, 0.2) is 124 Å². The first kappa shape index (κ1) is 108. The zero-order chi connectivity index (χ0) is 87.4. The summed E-state index contributed by atoms with van der Waals surface area (Å²) in [6.07, 6.45) is 27.8. The number of hydrogen-bond acceptors (Lipinski definition) is 21. The molecule has 2 fully saturated rings.